The molecular formula is C22H22O12. The highest BCUT2D eigenvalue weighted by molar-refractivity contribution is 5.92. The third-order valence-corrected chi connectivity index (χ3v) is 4.32. The van der Waals surface area contributed by atoms with Crippen molar-refractivity contribution in [3.8, 4) is 0 Å². The van der Waals surface area contributed by atoms with Gasteiger partial charge in [0.2, 0.25) is 0 Å². The first-order valence-electron chi connectivity index (χ1n) is 9.77. The summed E-state index contributed by atoms with van der Waals surface area (Å²) in [5, 5.41) is 8.21. The predicted molar refractivity (Wildman–Crippen MR) is 110 cm³/mol. The molecule has 2 rings (SSSR count). The molecule has 34 heavy (non-hydrogen) atoms. The fourth-order valence-electron chi connectivity index (χ4n) is 2.81. The van der Waals surface area contributed by atoms with Crippen LogP contribution in [-0.2, 0) is 39.1 Å². The summed E-state index contributed by atoms with van der Waals surface area (Å²) in [6.45, 7) is 5.86. The van der Waals surface area contributed by atoms with Crippen molar-refractivity contribution in [3.05, 3.63) is 69.8 Å². The van der Waals surface area contributed by atoms with Crippen LogP contribution in [0.1, 0.15) is 43.0 Å². The minimum atomic E-state index is -1.37. The van der Waals surface area contributed by atoms with Crippen molar-refractivity contribution in [2.24, 2.45) is 0 Å². The fraction of sp³-hybridized carbons (Fsp3) is 0.273. The van der Waals surface area contributed by atoms with Crippen molar-refractivity contribution in [2.45, 2.75) is 27.7 Å². The van der Waals surface area contributed by atoms with Crippen LogP contribution < -0.4 is 0 Å². The Hall–Kier alpha value is -4.16. The largest absolute Gasteiger partial charge is 0.543 e. The molecule has 0 aliphatic carbocycles. The van der Waals surface area contributed by atoms with Gasteiger partial charge in [-0.3, -0.25) is 9.78 Å². The van der Waals surface area contributed by atoms with E-state index in [1.165, 1.54) is 0 Å². The Kier molecular flexibility index (Phi) is 9.80. The van der Waals surface area contributed by atoms with Crippen molar-refractivity contribution in [2.75, 3.05) is 13.2 Å². The molecule has 0 aliphatic rings. The monoisotopic (exact) mass is 478 g/mol. The highest BCUT2D eigenvalue weighted by atomic mass is 17.5. The van der Waals surface area contributed by atoms with Crippen molar-refractivity contribution in [1.29, 1.82) is 0 Å². The lowest BCUT2D eigenvalue weighted by molar-refractivity contribution is -0.453. The summed E-state index contributed by atoms with van der Waals surface area (Å²) in [6.07, 6.45) is -2.74. The molecule has 0 aliphatic heterocycles. The molecule has 12 nitrogen and oxygen atoms in total. The molecule has 0 atom stereocenters. The third-order valence-electron chi connectivity index (χ3n) is 4.32. The van der Waals surface area contributed by atoms with Gasteiger partial charge < -0.3 is 9.47 Å². The van der Waals surface area contributed by atoms with Gasteiger partial charge in [-0.05, 0) is 49.9 Å². The molecule has 182 valence electrons. The first-order chi connectivity index (χ1) is 16.2. The number of carbonyl (C=O) groups excluding carboxylic acids is 4. The summed E-state index contributed by atoms with van der Waals surface area (Å²) in [5.41, 5.74) is 3.09. The van der Waals surface area contributed by atoms with Crippen LogP contribution in [0.25, 0.3) is 0 Å². The Morgan fingerprint density at radius 1 is 0.559 bits per heavy atom. The average molecular weight is 478 g/mol. The molecule has 0 N–H and O–H groups in total. The molecule has 0 heterocycles. The van der Waals surface area contributed by atoms with Crippen LogP contribution in [0.2, 0.25) is 0 Å². The number of benzene rings is 2. The highest BCUT2D eigenvalue weighted by Crippen LogP contribution is 2.15. The van der Waals surface area contributed by atoms with E-state index in [2.05, 4.69) is 39.1 Å². The quantitative estimate of drug-likeness (QED) is 0.223. The summed E-state index contributed by atoms with van der Waals surface area (Å²) in [5.74, 6) is -1.74. The van der Waals surface area contributed by atoms with E-state index in [1.807, 2.05) is 0 Å². The molecule has 0 aromatic heterocycles. The van der Waals surface area contributed by atoms with Crippen molar-refractivity contribution in [3.63, 3.8) is 0 Å². The first-order valence-corrected chi connectivity index (χ1v) is 9.77. The van der Waals surface area contributed by atoms with Gasteiger partial charge in [-0.2, -0.15) is 0 Å². The maximum Gasteiger partial charge on any atom is 0.543 e. The topological polar surface area (TPSA) is 142 Å². The fourth-order valence-corrected chi connectivity index (χ4v) is 2.81. The Morgan fingerprint density at radius 2 is 0.882 bits per heavy atom. The molecule has 12 heteroatoms. The van der Waals surface area contributed by atoms with E-state index in [1.54, 1.807) is 64.1 Å². The van der Waals surface area contributed by atoms with Gasteiger partial charge in [0.15, 0.2) is 0 Å². The van der Waals surface area contributed by atoms with Crippen molar-refractivity contribution in [1.82, 2.24) is 0 Å². The lowest BCUT2D eigenvalue weighted by Gasteiger charge is -2.08. The van der Waals surface area contributed by atoms with Crippen LogP contribution in [0, 0.1) is 27.7 Å². The molecule has 0 amide bonds. The lowest BCUT2D eigenvalue weighted by atomic mass is 10.0. The minimum Gasteiger partial charge on any atom is -0.429 e. The molecule has 0 spiro atoms. The Morgan fingerprint density at radius 3 is 1.21 bits per heavy atom. The van der Waals surface area contributed by atoms with Crippen LogP contribution in [0.15, 0.2) is 36.4 Å². The van der Waals surface area contributed by atoms with E-state index in [0.29, 0.717) is 22.3 Å². The van der Waals surface area contributed by atoms with Crippen LogP contribution in [0.4, 0.5) is 9.59 Å². The zero-order valence-electron chi connectivity index (χ0n) is 18.8. The van der Waals surface area contributed by atoms with Gasteiger partial charge in [0.25, 0.3) is 0 Å². The minimum absolute atomic E-state index is 0.258. The first kappa shape index (κ1) is 26.1. The summed E-state index contributed by atoms with van der Waals surface area (Å²) in [7, 11) is 0. The lowest BCUT2D eigenvalue weighted by Crippen LogP contribution is -2.18. The van der Waals surface area contributed by atoms with Crippen molar-refractivity contribution < 1.29 is 58.3 Å². The van der Waals surface area contributed by atoms with Gasteiger partial charge in [0.1, 0.15) is 13.2 Å². The van der Waals surface area contributed by atoms with Crippen LogP contribution in [-0.4, -0.2) is 37.5 Å². The number of ether oxygens (including phenoxy) is 2. The molecule has 0 fully saturated rings. The zero-order valence-corrected chi connectivity index (χ0v) is 18.8. The number of hydrogen-bond acceptors (Lipinski definition) is 12. The molecule has 0 bridgehead atoms. The van der Waals surface area contributed by atoms with Gasteiger partial charge in [0.05, 0.1) is 21.2 Å². The molecule has 2 aromatic carbocycles. The van der Waals surface area contributed by atoms with Crippen LogP contribution >= 0.6 is 0 Å². The molecule has 0 saturated carbocycles. The smallest absolute Gasteiger partial charge is 0.429 e. The maximum atomic E-state index is 12.0. The second kappa shape index (κ2) is 12.8. The van der Waals surface area contributed by atoms with Gasteiger partial charge in [0, 0.05) is 0 Å². The standard InChI is InChI=1S/C22H22O12/c1-13-7-5-8-14(2)17(13)19(23)29-33-31-21(25)27-11-12-28-22(26)32-34-30-20(24)18-15(3)9-6-10-16(18)4/h5-10H,11-12H2,1-4H3. The number of hydrogen-bond donors (Lipinski definition) is 0. The number of rotatable bonds is 9. The van der Waals surface area contributed by atoms with Gasteiger partial charge in [-0.25, -0.2) is 29.0 Å². The Labute approximate surface area is 193 Å². The van der Waals surface area contributed by atoms with Gasteiger partial charge >= 0.3 is 24.2 Å². The third kappa shape index (κ3) is 7.76. The highest BCUT2D eigenvalue weighted by Gasteiger charge is 2.18. The van der Waals surface area contributed by atoms with Gasteiger partial charge in [-0.15, -0.1) is 0 Å². The second-order valence-corrected chi connectivity index (χ2v) is 6.77. The maximum absolute atomic E-state index is 12.0. The molecule has 2 aromatic rings. The SMILES string of the molecule is Cc1cccc(C)c1C(=O)OOOC(=O)OCCOC(=O)OOOC(=O)c1c(C)cccc1C. The van der Waals surface area contributed by atoms with E-state index < -0.39 is 37.5 Å². The Bertz CT molecular complexity index is 922. The van der Waals surface area contributed by atoms with Crippen molar-refractivity contribution >= 4 is 24.2 Å². The van der Waals surface area contributed by atoms with Crippen LogP contribution in [0.5, 0.6) is 0 Å². The van der Waals surface area contributed by atoms with E-state index in [4.69, 9.17) is 0 Å². The van der Waals surface area contributed by atoms with E-state index in [0.717, 1.165) is 0 Å². The Balaban J connectivity index is 1.58. The summed E-state index contributed by atoms with van der Waals surface area (Å²) < 4.78 is 9.04. The summed E-state index contributed by atoms with van der Waals surface area (Å²) in [4.78, 5) is 63.6. The number of aryl methyl sites for hydroxylation is 4. The van der Waals surface area contributed by atoms with E-state index in [9.17, 15) is 19.2 Å². The molecule has 0 unspecified atom stereocenters. The van der Waals surface area contributed by atoms with E-state index >= 15 is 0 Å². The zero-order chi connectivity index (χ0) is 25.1. The summed E-state index contributed by atoms with van der Waals surface area (Å²) >= 11 is 0. The second-order valence-electron chi connectivity index (χ2n) is 6.77. The van der Waals surface area contributed by atoms with E-state index in [-0.39, 0.29) is 11.1 Å². The average Bonchev–Trinajstić information content (AvgIpc) is 2.76. The van der Waals surface area contributed by atoms with Gasteiger partial charge in [-0.1, -0.05) is 36.4 Å². The normalized spacial score (nSPS) is 10.1. The van der Waals surface area contributed by atoms with Crippen LogP contribution in [0.3, 0.4) is 0 Å². The molecular weight excluding hydrogens is 456 g/mol. The summed E-state index contributed by atoms with van der Waals surface area (Å²) in [6, 6.07) is 10.3. The molecule has 0 radical (unpaired) electrons. The predicted octanol–water partition coefficient (Wildman–Crippen LogP) is 3.93. The number of carbonyl (C=O) groups is 4. The molecule has 0 saturated heterocycles.